The van der Waals surface area contributed by atoms with Crippen LogP contribution in [0.15, 0.2) is 18.2 Å². The van der Waals surface area contributed by atoms with E-state index in [0.29, 0.717) is 18.7 Å². The maximum atomic E-state index is 12.9. The van der Waals surface area contributed by atoms with Crippen LogP contribution in [0, 0.1) is 28.9 Å². The average Bonchev–Trinajstić information content (AvgIpc) is 2.15. The molecule has 0 spiro atoms. The van der Waals surface area contributed by atoms with Crippen LogP contribution in [-0.2, 0) is 6.54 Å². The molecule has 0 bridgehead atoms. The molecule has 0 saturated carbocycles. The molecule has 0 saturated heterocycles. The Morgan fingerprint density at radius 3 is 2.38 bits per heavy atom. The first-order chi connectivity index (χ1) is 7.51. The molecule has 0 aliphatic rings. The number of nitriles is 1. The van der Waals surface area contributed by atoms with Gasteiger partial charge >= 0.3 is 0 Å². The Balaban J connectivity index is 2.63. The minimum absolute atomic E-state index is 0.0941. The maximum absolute atomic E-state index is 12.9. The van der Waals surface area contributed by atoms with E-state index >= 15 is 0 Å². The number of hydrogen-bond donors (Lipinski definition) is 0. The summed E-state index contributed by atoms with van der Waals surface area (Å²) in [5.74, 6) is -1.24. The average molecular weight is 224 g/mol. The van der Waals surface area contributed by atoms with Gasteiger partial charge in [-0.3, -0.25) is 0 Å². The molecule has 1 rings (SSSR count). The summed E-state index contributed by atoms with van der Waals surface area (Å²) < 4.78 is 25.8. The molecular formula is C12H14F2N2. The van der Waals surface area contributed by atoms with Crippen LogP contribution in [-0.4, -0.2) is 18.5 Å². The minimum Gasteiger partial charge on any atom is -0.301 e. The summed E-state index contributed by atoms with van der Waals surface area (Å²) in [5.41, 5.74) is 0.574. The first kappa shape index (κ1) is 12.6. The van der Waals surface area contributed by atoms with Gasteiger partial charge in [-0.2, -0.15) is 5.26 Å². The van der Waals surface area contributed by atoms with E-state index in [2.05, 4.69) is 6.07 Å². The van der Waals surface area contributed by atoms with Crippen molar-refractivity contribution < 1.29 is 8.78 Å². The monoisotopic (exact) mass is 224 g/mol. The second kappa shape index (κ2) is 5.57. The zero-order valence-corrected chi connectivity index (χ0v) is 9.37. The van der Waals surface area contributed by atoms with Crippen LogP contribution in [0.3, 0.4) is 0 Å². The maximum Gasteiger partial charge on any atom is 0.126 e. The number of hydrogen-bond acceptors (Lipinski definition) is 2. The van der Waals surface area contributed by atoms with Crippen molar-refractivity contribution in [2.75, 3.05) is 13.6 Å². The van der Waals surface area contributed by atoms with Gasteiger partial charge in [0.25, 0.3) is 0 Å². The van der Waals surface area contributed by atoms with Gasteiger partial charge in [0.15, 0.2) is 0 Å². The highest BCUT2D eigenvalue weighted by Gasteiger charge is 2.07. The van der Waals surface area contributed by atoms with Gasteiger partial charge < -0.3 is 4.90 Å². The third kappa shape index (κ3) is 3.95. The van der Waals surface area contributed by atoms with E-state index < -0.39 is 11.6 Å². The van der Waals surface area contributed by atoms with Crippen LogP contribution in [0.25, 0.3) is 0 Å². The van der Waals surface area contributed by atoms with E-state index in [1.807, 2.05) is 18.9 Å². The van der Waals surface area contributed by atoms with Crippen LogP contribution < -0.4 is 0 Å². The van der Waals surface area contributed by atoms with Crippen molar-refractivity contribution in [2.45, 2.75) is 13.5 Å². The van der Waals surface area contributed by atoms with Crippen molar-refractivity contribution in [1.82, 2.24) is 4.90 Å². The molecule has 4 heteroatoms. The standard InChI is InChI=1S/C12H14F2N2/c1-9(6-15)7-16(2)8-10-3-11(13)5-12(14)4-10/h3-5,9H,7-8H2,1-2H3. The molecular weight excluding hydrogens is 210 g/mol. The first-order valence-electron chi connectivity index (χ1n) is 5.04. The normalized spacial score (nSPS) is 12.5. The Morgan fingerprint density at radius 1 is 1.31 bits per heavy atom. The summed E-state index contributed by atoms with van der Waals surface area (Å²) >= 11 is 0. The van der Waals surface area contributed by atoms with Gasteiger partial charge in [0.1, 0.15) is 11.6 Å². The van der Waals surface area contributed by atoms with Crippen molar-refractivity contribution in [1.29, 1.82) is 5.26 Å². The van der Waals surface area contributed by atoms with Crippen LogP contribution in [0.4, 0.5) is 8.78 Å². The number of nitrogens with zero attached hydrogens (tertiary/aromatic N) is 2. The van der Waals surface area contributed by atoms with E-state index in [0.717, 1.165) is 6.07 Å². The summed E-state index contributed by atoms with van der Waals surface area (Å²) in [7, 11) is 1.82. The summed E-state index contributed by atoms with van der Waals surface area (Å²) in [4.78, 5) is 1.86. The Hall–Kier alpha value is -1.47. The Kier molecular flexibility index (Phi) is 4.39. The minimum atomic E-state index is -0.572. The van der Waals surface area contributed by atoms with E-state index in [1.165, 1.54) is 12.1 Å². The third-order valence-corrected chi connectivity index (χ3v) is 2.18. The highest BCUT2D eigenvalue weighted by molar-refractivity contribution is 5.17. The second-order valence-corrected chi connectivity index (χ2v) is 4.00. The molecule has 0 amide bonds. The van der Waals surface area contributed by atoms with Crippen LogP contribution in [0.5, 0.6) is 0 Å². The lowest BCUT2D eigenvalue weighted by molar-refractivity contribution is 0.302. The van der Waals surface area contributed by atoms with Crippen LogP contribution >= 0.6 is 0 Å². The molecule has 0 heterocycles. The Morgan fingerprint density at radius 2 is 1.88 bits per heavy atom. The van der Waals surface area contributed by atoms with Gasteiger partial charge in [0, 0.05) is 19.2 Å². The molecule has 0 aromatic heterocycles. The summed E-state index contributed by atoms with van der Waals surface area (Å²) in [6, 6.07) is 5.57. The van der Waals surface area contributed by atoms with E-state index in [-0.39, 0.29) is 5.92 Å². The molecule has 1 atom stereocenters. The molecule has 2 nitrogen and oxygen atoms in total. The lowest BCUT2D eigenvalue weighted by Gasteiger charge is -2.17. The van der Waals surface area contributed by atoms with Crippen molar-refractivity contribution in [3.05, 3.63) is 35.4 Å². The van der Waals surface area contributed by atoms with Crippen LogP contribution in [0.2, 0.25) is 0 Å². The van der Waals surface area contributed by atoms with Gasteiger partial charge in [-0.1, -0.05) is 0 Å². The van der Waals surface area contributed by atoms with Crippen molar-refractivity contribution >= 4 is 0 Å². The van der Waals surface area contributed by atoms with E-state index in [1.54, 1.807) is 0 Å². The largest absolute Gasteiger partial charge is 0.301 e. The number of benzene rings is 1. The zero-order chi connectivity index (χ0) is 12.1. The highest BCUT2D eigenvalue weighted by Crippen LogP contribution is 2.10. The number of halogens is 2. The Bertz CT molecular complexity index is 378. The molecule has 1 unspecified atom stereocenters. The second-order valence-electron chi connectivity index (χ2n) is 4.00. The van der Waals surface area contributed by atoms with Gasteiger partial charge in [-0.05, 0) is 31.7 Å². The molecule has 0 fully saturated rings. The van der Waals surface area contributed by atoms with E-state index in [4.69, 9.17) is 5.26 Å². The SMILES string of the molecule is CC(C#N)CN(C)Cc1cc(F)cc(F)c1. The van der Waals surface area contributed by atoms with Crippen molar-refractivity contribution in [3.8, 4) is 6.07 Å². The quantitative estimate of drug-likeness (QED) is 0.785. The van der Waals surface area contributed by atoms with Gasteiger partial charge in [-0.15, -0.1) is 0 Å². The number of rotatable bonds is 4. The molecule has 0 N–H and O–H groups in total. The molecule has 0 aliphatic carbocycles. The third-order valence-electron chi connectivity index (χ3n) is 2.18. The summed E-state index contributed by atoms with van der Waals surface area (Å²) in [6.07, 6.45) is 0. The molecule has 0 aliphatic heterocycles. The molecule has 1 aromatic carbocycles. The predicted octanol–water partition coefficient (Wildman–Crippen LogP) is 2.56. The van der Waals surface area contributed by atoms with Crippen molar-refractivity contribution in [3.63, 3.8) is 0 Å². The fourth-order valence-electron chi connectivity index (χ4n) is 1.59. The highest BCUT2D eigenvalue weighted by atomic mass is 19.1. The lowest BCUT2D eigenvalue weighted by atomic mass is 10.1. The molecule has 1 aromatic rings. The van der Waals surface area contributed by atoms with E-state index in [9.17, 15) is 8.78 Å². The lowest BCUT2D eigenvalue weighted by Crippen LogP contribution is -2.23. The summed E-state index contributed by atoms with van der Waals surface area (Å²) in [5, 5.41) is 8.64. The molecule has 16 heavy (non-hydrogen) atoms. The Labute approximate surface area is 94.1 Å². The van der Waals surface area contributed by atoms with Gasteiger partial charge in [0.2, 0.25) is 0 Å². The smallest absolute Gasteiger partial charge is 0.126 e. The van der Waals surface area contributed by atoms with Crippen LogP contribution in [0.1, 0.15) is 12.5 Å². The fraction of sp³-hybridized carbons (Fsp3) is 0.417. The van der Waals surface area contributed by atoms with Gasteiger partial charge in [-0.25, -0.2) is 8.78 Å². The topological polar surface area (TPSA) is 27.0 Å². The van der Waals surface area contributed by atoms with Gasteiger partial charge in [0.05, 0.1) is 12.0 Å². The summed E-state index contributed by atoms with van der Waals surface area (Å²) in [6.45, 7) is 2.82. The molecule has 86 valence electrons. The first-order valence-corrected chi connectivity index (χ1v) is 5.04. The zero-order valence-electron chi connectivity index (χ0n) is 9.37. The van der Waals surface area contributed by atoms with Crippen molar-refractivity contribution in [2.24, 2.45) is 5.92 Å². The predicted molar refractivity (Wildman–Crippen MR) is 57.5 cm³/mol. The molecule has 0 radical (unpaired) electrons. The fourth-order valence-corrected chi connectivity index (χ4v) is 1.59.